The van der Waals surface area contributed by atoms with E-state index in [4.69, 9.17) is 0 Å². The third-order valence-electron chi connectivity index (χ3n) is 4.23. The smallest absolute Gasteiger partial charge is 0.229 e. The number of likely N-dealkylation sites (tertiary alicyclic amines) is 1. The highest BCUT2D eigenvalue weighted by atomic mass is 19.1. The van der Waals surface area contributed by atoms with Crippen molar-refractivity contribution in [1.29, 1.82) is 0 Å². The number of benzene rings is 1. The molecule has 0 unspecified atom stereocenters. The van der Waals surface area contributed by atoms with Gasteiger partial charge in [-0.3, -0.25) is 19.5 Å². The number of amides is 2. The predicted molar refractivity (Wildman–Crippen MR) is 94.8 cm³/mol. The molecular formula is C18H25FN4O2. The average molecular weight is 348 g/mol. The SMILES string of the molecule is CN=C(NCCc1ccc(F)cc1C)NCCN1C(=O)CCCC1=O. The van der Waals surface area contributed by atoms with Gasteiger partial charge in [-0.05, 0) is 43.0 Å². The largest absolute Gasteiger partial charge is 0.356 e. The van der Waals surface area contributed by atoms with Gasteiger partial charge in [0.1, 0.15) is 5.82 Å². The Labute approximate surface area is 147 Å². The van der Waals surface area contributed by atoms with Gasteiger partial charge in [0.15, 0.2) is 5.96 Å². The van der Waals surface area contributed by atoms with E-state index in [1.807, 2.05) is 6.92 Å². The van der Waals surface area contributed by atoms with Gasteiger partial charge in [0, 0.05) is 39.5 Å². The van der Waals surface area contributed by atoms with E-state index >= 15 is 0 Å². The standard InChI is InChI=1S/C18H25FN4O2/c1-13-12-15(19)7-6-14(13)8-9-21-18(20-2)22-10-11-23-16(24)4-3-5-17(23)25/h6-7,12H,3-5,8-11H2,1-2H3,(H2,20,21,22). The van der Waals surface area contributed by atoms with Crippen molar-refractivity contribution >= 4 is 17.8 Å². The second kappa shape index (κ2) is 9.15. The lowest BCUT2D eigenvalue weighted by Gasteiger charge is -2.25. The van der Waals surface area contributed by atoms with Crippen LogP contribution in [0.5, 0.6) is 0 Å². The molecule has 0 bridgehead atoms. The van der Waals surface area contributed by atoms with Gasteiger partial charge in [-0.1, -0.05) is 6.07 Å². The van der Waals surface area contributed by atoms with E-state index < -0.39 is 0 Å². The average Bonchev–Trinajstić information content (AvgIpc) is 2.57. The number of halogens is 1. The van der Waals surface area contributed by atoms with Crippen LogP contribution in [0.2, 0.25) is 0 Å². The Kier molecular flexibility index (Phi) is 6.91. The van der Waals surface area contributed by atoms with Crippen molar-refractivity contribution in [3.05, 3.63) is 35.1 Å². The zero-order valence-electron chi connectivity index (χ0n) is 14.8. The van der Waals surface area contributed by atoms with Gasteiger partial charge in [-0.2, -0.15) is 0 Å². The first-order chi connectivity index (χ1) is 12.0. The molecule has 0 atom stereocenters. The summed E-state index contributed by atoms with van der Waals surface area (Å²) < 4.78 is 13.1. The quantitative estimate of drug-likeness (QED) is 0.463. The molecule has 1 aromatic carbocycles. The van der Waals surface area contributed by atoms with Gasteiger partial charge < -0.3 is 10.6 Å². The Morgan fingerprint density at radius 3 is 2.52 bits per heavy atom. The van der Waals surface area contributed by atoms with Gasteiger partial charge in [0.05, 0.1) is 0 Å². The summed E-state index contributed by atoms with van der Waals surface area (Å²) in [6, 6.07) is 4.77. The Bertz CT molecular complexity index is 644. The van der Waals surface area contributed by atoms with E-state index in [0.29, 0.717) is 44.9 Å². The minimum atomic E-state index is -0.228. The molecule has 1 aliphatic heterocycles. The molecule has 1 aliphatic rings. The number of guanidine groups is 1. The number of hydrogen-bond donors (Lipinski definition) is 2. The second-order valence-electron chi connectivity index (χ2n) is 6.04. The molecule has 2 amide bonds. The van der Waals surface area contributed by atoms with Crippen molar-refractivity contribution in [3.63, 3.8) is 0 Å². The lowest BCUT2D eigenvalue weighted by atomic mass is 10.1. The van der Waals surface area contributed by atoms with E-state index in [0.717, 1.165) is 17.5 Å². The fourth-order valence-corrected chi connectivity index (χ4v) is 2.81. The monoisotopic (exact) mass is 348 g/mol. The van der Waals surface area contributed by atoms with Crippen LogP contribution in [0.3, 0.4) is 0 Å². The first-order valence-corrected chi connectivity index (χ1v) is 8.54. The number of aryl methyl sites for hydroxylation is 1. The summed E-state index contributed by atoms with van der Waals surface area (Å²) in [7, 11) is 1.66. The van der Waals surface area contributed by atoms with Gasteiger partial charge in [-0.15, -0.1) is 0 Å². The topological polar surface area (TPSA) is 73.8 Å². The van der Waals surface area contributed by atoms with Crippen LogP contribution in [-0.4, -0.2) is 49.4 Å². The maximum atomic E-state index is 13.1. The fourth-order valence-electron chi connectivity index (χ4n) is 2.81. The zero-order chi connectivity index (χ0) is 18.2. The molecule has 1 aromatic rings. The summed E-state index contributed by atoms with van der Waals surface area (Å²) in [5, 5.41) is 6.28. The van der Waals surface area contributed by atoms with E-state index in [1.165, 1.54) is 17.0 Å². The lowest BCUT2D eigenvalue weighted by molar-refractivity contribution is -0.147. The van der Waals surface area contributed by atoms with Gasteiger partial charge >= 0.3 is 0 Å². The minimum Gasteiger partial charge on any atom is -0.356 e. The lowest BCUT2D eigenvalue weighted by Crippen LogP contribution is -2.46. The van der Waals surface area contributed by atoms with Crippen molar-refractivity contribution in [1.82, 2.24) is 15.5 Å². The van der Waals surface area contributed by atoms with E-state index in [9.17, 15) is 14.0 Å². The number of carbonyl (C=O) groups excluding carboxylic acids is 2. The summed E-state index contributed by atoms with van der Waals surface area (Å²) >= 11 is 0. The molecular weight excluding hydrogens is 323 g/mol. The Hall–Kier alpha value is -2.44. The zero-order valence-corrected chi connectivity index (χ0v) is 14.8. The molecule has 7 heteroatoms. The molecule has 6 nitrogen and oxygen atoms in total. The maximum absolute atomic E-state index is 13.1. The molecule has 0 radical (unpaired) electrons. The Morgan fingerprint density at radius 1 is 1.20 bits per heavy atom. The first kappa shape index (κ1) is 18.9. The van der Waals surface area contributed by atoms with Crippen molar-refractivity contribution < 1.29 is 14.0 Å². The predicted octanol–water partition coefficient (Wildman–Crippen LogP) is 1.38. The van der Waals surface area contributed by atoms with Crippen LogP contribution in [0.4, 0.5) is 4.39 Å². The van der Waals surface area contributed by atoms with Gasteiger partial charge in [0.2, 0.25) is 11.8 Å². The van der Waals surface area contributed by atoms with Crippen molar-refractivity contribution in [2.75, 3.05) is 26.7 Å². The number of rotatable bonds is 6. The molecule has 25 heavy (non-hydrogen) atoms. The second-order valence-corrected chi connectivity index (χ2v) is 6.04. The molecule has 2 rings (SSSR count). The van der Waals surface area contributed by atoms with E-state index in [-0.39, 0.29) is 17.6 Å². The molecule has 1 saturated heterocycles. The molecule has 0 aromatic heterocycles. The van der Waals surface area contributed by atoms with Crippen LogP contribution in [0, 0.1) is 12.7 Å². The molecule has 1 heterocycles. The van der Waals surface area contributed by atoms with E-state index in [2.05, 4.69) is 15.6 Å². The molecule has 2 N–H and O–H groups in total. The summed E-state index contributed by atoms with van der Waals surface area (Å²) in [6.07, 6.45) is 2.27. The van der Waals surface area contributed by atoms with Crippen molar-refractivity contribution in [2.45, 2.75) is 32.6 Å². The van der Waals surface area contributed by atoms with Crippen LogP contribution in [0.15, 0.2) is 23.2 Å². The number of carbonyl (C=O) groups is 2. The Morgan fingerprint density at radius 2 is 1.88 bits per heavy atom. The van der Waals surface area contributed by atoms with Crippen LogP contribution in [-0.2, 0) is 16.0 Å². The Balaban J connectivity index is 1.73. The normalized spacial score (nSPS) is 15.5. The van der Waals surface area contributed by atoms with Gasteiger partial charge in [0.25, 0.3) is 0 Å². The van der Waals surface area contributed by atoms with E-state index in [1.54, 1.807) is 13.1 Å². The number of piperidine rings is 1. The summed E-state index contributed by atoms with van der Waals surface area (Å²) in [5.74, 6) is 0.172. The molecule has 0 spiro atoms. The highest BCUT2D eigenvalue weighted by Gasteiger charge is 2.25. The minimum absolute atomic E-state index is 0.104. The fraction of sp³-hybridized carbons (Fsp3) is 0.500. The number of nitrogens with one attached hydrogen (secondary N) is 2. The van der Waals surface area contributed by atoms with Crippen LogP contribution in [0.25, 0.3) is 0 Å². The highest BCUT2D eigenvalue weighted by Crippen LogP contribution is 2.11. The maximum Gasteiger partial charge on any atom is 0.229 e. The highest BCUT2D eigenvalue weighted by molar-refractivity contribution is 5.97. The molecule has 1 fully saturated rings. The van der Waals surface area contributed by atoms with Crippen molar-refractivity contribution in [2.24, 2.45) is 4.99 Å². The number of hydrogen-bond acceptors (Lipinski definition) is 3. The number of imide groups is 1. The molecule has 136 valence electrons. The van der Waals surface area contributed by atoms with Crippen LogP contribution >= 0.6 is 0 Å². The van der Waals surface area contributed by atoms with Crippen LogP contribution < -0.4 is 10.6 Å². The summed E-state index contributed by atoms with van der Waals surface area (Å²) in [5.41, 5.74) is 2.00. The number of nitrogens with zero attached hydrogens (tertiary/aromatic N) is 2. The third-order valence-corrected chi connectivity index (χ3v) is 4.23. The first-order valence-electron chi connectivity index (χ1n) is 8.54. The van der Waals surface area contributed by atoms with Crippen LogP contribution in [0.1, 0.15) is 30.4 Å². The summed E-state index contributed by atoms with van der Waals surface area (Å²) in [6.45, 7) is 3.33. The molecule has 0 aliphatic carbocycles. The van der Waals surface area contributed by atoms with Gasteiger partial charge in [-0.25, -0.2) is 4.39 Å². The van der Waals surface area contributed by atoms with Crippen molar-refractivity contribution in [3.8, 4) is 0 Å². The molecule has 0 saturated carbocycles. The summed E-state index contributed by atoms with van der Waals surface area (Å²) in [4.78, 5) is 28.9. The third kappa shape index (κ3) is 5.55. The number of aliphatic imine (C=N–C) groups is 1.